The molecule has 3 rings (SSSR count). The van der Waals surface area contributed by atoms with Crippen molar-refractivity contribution in [3.8, 4) is 0 Å². The molecule has 2 saturated heterocycles. The number of nitrogens with zero attached hydrogens (tertiary/aromatic N) is 2. The highest BCUT2D eigenvalue weighted by atomic mass is 32.2. The summed E-state index contributed by atoms with van der Waals surface area (Å²) < 4.78 is 5.69. The van der Waals surface area contributed by atoms with Crippen LogP contribution in [0.15, 0.2) is 29.2 Å². The van der Waals surface area contributed by atoms with Gasteiger partial charge < -0.3 is 14.5 Å². The van der Waals surface area contributed by atoms with Gasteiger partial charge in [-0.3, -0.25) is 9.59 Å². The van der Waals surface area contributed by atoms with Crippen LogP contribution < -0.4 is 4.90 Å². The largest absolute Gasteiger partial charge is 0.372 e. The highest BCUT2D eigenvalue weighted by Crippen LogP contribution is 2.28. The smallest absolute Gasteiger partial charge is 0.228 e. The second-order valence-corrected chi connectivity index (χ2v) is 7.48. The fourth-order valence-electron chi connectivity index (χ4n) is 3.50. The minimum absolute atomic E-state index is 0.0274. The van der Waals surface area contributed by atoms with E-state index in [0.29, 0.717) is 26.1 Å². The van der Waals surface area contributed by atoms with Crippen molar-refractivity contribution < 1.29 is 14.3 Å². The van der Waals surface area contributed by atoms with Gasteiger partial charge in [0.25, 0.3) is 0 Å². The van der Waals surface area contributed by atoms with Gasteiger partial charge in [0.15, 0.2) is 0 Å². The van der Waals surface area contributed by atoms with Crippen LogP contribution in [0.3, 0.4) is 0 Å². The van der Waals surface area contributed by atoms with Gasteiger partial charge in [0, 0.05) is 36.6 Å². The lowest BCUT2D eigenvalue weighted by Gasteiger charge is -2.36. The normalized spacial score (nSPS) is 27.6. The number of morpholine rings is 1. The first-order valence-electron chi connectivity index (χ1n) is 8.36. The molecule has 2 amide bonds. The average molecular weight is 348 g/mol. The molecule has 0 radical (unpaired) electrons. The number of benzene rings is 1. The van der Waals surface area contributed by atoms with Crippen molar-refractivity contribution in [1.29, 1.82) is 0 Å². The number of rotatable bonds is 3. The zero-order valence-electron chi connectivity index (χ0n) is 14.4. The number of carbonyl (C=O) groups is 2. The number of amides is 2. The number of carbonyl (C=O) groups excluding carboxylic acids is 2. The SMILES string of the molecule is CSc1ccc(N2CC(C(=O)N3CC(C)OC(C)C3)CC2=O)cc1. The number of ether oxygens (including phenoxy) is 1. The molecule has 0 aromatic heterocycles. The number of thioether (sulfide) groups is 1. The zero-order chi connectivity index (χ0) is 17.3. The Kier molecular flexibility index (Phi) is 5.15. The summed E-state index contributed by atoms with van der Waals surface area (Å²) in [4.78, 5) is 29.9. The van der Waals surface area contributed by atoms with Gasteiger partial charge in [-0.25, -0.2) is 0 Å². The number of hydrogen-bond donors (Lipinski definition) is 0. The predicted octanol–water partition coefficient (Wildman–Crippen LogP) is 2.40. The van der Waals surface area contributed by atoms with Gasteiger partial charge >= 0.3 is 0 Å². The molecule has 2 fully saturated rings. The molecule has 130 valence electrons. The monoisotopic (exact) mass is 348 g/mol. The molecule has 0 spiro atoms. The molecule has 24 heavy (non-hydrogen) atoms. The highest BCUT2D eigenvalue weighted by molar-refractivity contribution is 7.98. The first kappa shape index (κ1) is 17.3. The first-order chi connectivity index (χ1) is 11.5. The lowest BCUT2D eigenvalue weighted by Crippen LogP contribution is -2.50. The van der Waals surface area contributed by atoms with E-state index in [9.17, 15) is 9.59 Å². The maximum absolute atomic E-state index is 12.8. The summed E-state index contributed by atoms with van der Waals surface area (Å²) >= 11 is 1.67. The summed E-state index contributed by atoms with van der Waals surface area (Å²) in [5.74, 6) is -0.150. The lowest BCUT2D eigenvalue weighted by atomic mass is 10.1. The van der Waals surface area contributed by atoms with Crippen LogP contribution in [0, 0.1) is 5.92 Å². The van der Waals surface area contributed by atoms with Crippen LogP contribution in [-0.4, -0.2) is 54.8 Å². The molecule has 0 bridgehead atoms. The topological polar surface area (TPSA) is 49.9 Å². The molecule has 0 aliphatic carbocycles. The van der Waals surface area contributed by atoms with Crippen molar-refractivity contribution in [3.05, 3.63) is 24.3 Å². The van der Waals surface area contributed by atoms with E-state index in [1.807, 2.05) is 49.3 Å². The van der Waals surface area contributed by atoms with Gasteiger partial charge in [-0.1, -0.05) is 0 Å². The van der Waals surface area contributed by atoms with Crippen molar-refractivity contribution >= 4 is 29.3 Å². The summed E-state index contributed by atoms with van der Waals surface area (Å²) in [5.41, 5.74) is 0.872. The first-order valence-corrected chi connectivity index (χ1v) is 9.59. The average Bonchev–Trinajstić information content (AvgIpc) is 2.95. The van der Waals surface area contributed by atoms with Crippen LogP contribution in [-0.2, 0) is 14.3 Å². The molecule has 5 nitrogen and oxygen atoms in total. The second-order valence-electron chi connectivity index (χ2n) is 6.60. The number of anilines is 1. The van der Waals surface area contributed by atoms with E-state index in [2.05, 4.69) is 0 Å². The summed E-state index contributed by atoms with van der Waals surface area (Å²) in [6.07, 6.45) is 2.41. The van der Waals surface area contributed by atoms with Crippen molar-refractivity contribution in [2.24, 2.45) is 5.92 Å². The Balaban J connectivity index is 1.68. The molecule has 2 aliphatic heterocycles. The Morgan fingerprint density at radius 2 is 1.75 bits per heavy atom. The minimum atomic E-state index is -0.254. The Hall–Kier alpha value is -1.53. The Labute approximate surface area is 147 Å². The quantitative estimate of drug-likeness (QED) is 0.787. The van der Waals surface area contributed by atoms with Crippen molar-refractivity contribution in [2.45, 2.75) is 37.4 Å². The second kappa shape index (κ2) is 7.15. The maximum atomic E-state index is 12.8. The van der Waals surface area contributed by atoms with E-state index < -0.39 is 0 Å². The molecule has 2 heterocycles. The van der Waals surface area contributed by atoms with Gasteiger partial charge in [-0.05, 0) is 44.4 Å². The van der Waals surface area contributed by atoms with Gasteiger partial charge in [0.2, 0.25) is 11.8 Å². The van der Waals surface area contributed by atoms with E-state index in [1.165, 1.54) is 0 Å². The fraction of sp³-hybridized carbons (Fsp3) is 0.556. The minimum Gasteiger partial charge on any atom is -0.372 e. The van der Waals surface area contributed by atoms with Crippen LogP contribution >= 0.6 is 11.8 Å². The molecule has 2 aliphatic rings. The molecular formula is C18H24N2O3S. The Morgan fingerprint density at radius 1 is 1.12 bits per heavy atom. The Bertz CT molecular complexity index is 609. The van der Waals surface area contributed by atoms with E-state index in [4.69, 9.17) is 4.74 Å². The molecule has 3 unspecified atom stereocenters. The van der Waals surface area contributed by atoms with Crippen LogP contribution in [0.25, 0.3) is 0 Å². The van der Waals surface area contributed by atoms with E-state index >= 15 is 0 Å². The third kappa shape index (κ3) is 3.59. The third-order valence-electron chi connectivity index (χ3n) is 4.59. The summed E-state index contributed by atoms with van der Waals surface area (Å²) in [7, 11) is 0. The molecule has 0 saturated carbocycles. The molecule has 1 aromatic rings. The van der Waals surface area contributed by atoms with Crippen molar-refractivity contribution in [2.75, 3.05) is 30.8 Å². The number of hydrogen-bond acceptors (Lipinski definition) is 4. The predicted molar refractivity (Wildman–Crippen MR) is 95.3 cm³/mol. The summed E-state index contributed by atoms with van der Waals surface area (Å²) in [6.45, 7) is 5.65. The summed E-state index contributed by atoms with van der Waals surface area (Å²) in [5, 5.41) is 0. The zero-order valence-corrected chi connectivity index (χ0v) is 15.2. The molecular weight excluding hydrogens is 324 g/mol. The van der Waals surface area contributed by atoms with Crippen LogP contribution in [0.4, 0.5) is 5.69 Å². The Morgan fingerprint density at radius 3 is 2.33 bits per heavy atom. The van der Waals surface area contributed by atoms with Gasteiger partial charge in [-0.15, -0.1) is 11.8 Å². The fourth-order valence-corrected chi connectivity index (χ4v) is 3.91. The van der Waals surface area contributed by atoms with Gasteiger partial charge in [-0.2, -0.15) is 0 Å². The maximum Gasteiger partial charge on any atom is 0.228 e. The summed E-state index contributed by atoms with van der Waals surface area (Å²) in [6, 6.07) is 7.92. The highest BCUT2D eigenvalue weighted by Gasteiger charge is 2.38. The van der Waals surface area contributed by atoms with Crippen molar-refractivity contribution in [1.82, 2.24) is 4.90 Å². The molecule has 3 atom stereocenters. The van der Waals surface area contributed by atoms with Crippen molar-refractivity contribution in [3.63, 3.8) is 0 Å². The van der Waals surface area contributed by atoms with Gasteiger partial charge in [0.1, 0.15) is 0 Å². The lowest BCUT2D eigenvalue weighted by molar-refractivity contribution is -0.147. The van der Waals surface area contributed by atoms with Crippen LogP contribution in [0.1, 0.15) is 20.3 Å². The van der Waals surface area contributed by atoms with Crippen LogP contribution in [0.2, 0.25) is 0 Å². The van der Waals surface area contributed by atoms with E-state index in [-0.39, 0.29) is 29.9 Å². The van der Waals surface area contributed by atoms with E-state index in [1.54, 1.807) is 16.7 Å². The molecule has 1 aromatic carbocycles. The third-order valence-corrected chi connectivity index (χ3v) is 5.33. The standard InChI is InChI=1S/C18H24N2O3S/c1-12-9-19(10-13(2)23-12)18(22)14-8-17(21)20(11-14)15-4-6-16(24-3)7-5-15/h4-7,12-14H,8-11H2,1-3H3. The van der Waals surface area contributed by atoms with E-state index in [0.717, 1.165) is 10.6 Å². The van der Waals surface area contributed by atoms with Crippen LogP contribution in [0.5, 0.6) is 0 Å². The molecule has 0 N–H and O–H groups in total. The van der Waals surface area contributed by atoms with Gasteiger partial charge in [0.05, 0.1) is 18.1 Å². The molecule has 6 heteroatoms.